The molecule has 1 fully saturated rings. The minimum atomic E-state index is -0.236. The molecule has 0 atom stereocenters. The van der Waals surface area contributed by atoms with Gasteiger partial charge in [0.25, 0.3) is 5.91 Å². The van der Waals surface area contributed by atoms with Crippen molar-refractivity contribution in [1.82, 2.24) is 9.88 Å². The highest BCUT2D eigenvalue weighted by Gasteiger charge is 2.23. The van der Waals surface area contributed by atoms with E-state index < -0.39 is 0 Å². The summed E-state index contributed by atoms with van der Waals surface area (Å²) in [5, 5.41) is 1.03. The number of pyridine rings is 1. The normalized spacial score (nSPS) is 14.8. The maximum absolute atomic E-state index is 13.0. The second kappa shape index (κ2) is 6.51. The van der Waals surface area contributed by atoms with Gasteiger partial charge >= 0.3 is 0 Å². The molecule has 0 aliphatic carbocycles. The maximum Gasteiger partial charge on any atom is 0.272 e. The minimum Gasteiger partial charge on any atom is -0.368 e. The molecule has 0 unspecified atom stereocenters. The van der Waals surface area contributed by atoms with Gasteiger partial charge in [0, 0.05) is 37.3 Å². The molecule has 2 aromatic carbocycles. The molecular weight excluding hydrogens is 317 g/mol. The highest BCUT2D eigenvalue weighted by Crippen LogP contribution is 2.18. The van der Waals surface area contributed by atoms with Crippen LogP contribution in [0, 0.1) is 5.82 Å². The van der Waals surface area contributed by atoms with E-state index in [-0.39, 0.29) is 11.7 Å². The number of para-hydroxylation sites is 1. The maximum atomic E-state index is 13.0. The first kappa shape index (κ1) is 15.6. The van der Waals surface area contributed by atoms with Crippen LogP contribution in [-0.4, -0.2) is 42.0 Å². The van der Waals surface area contributed by atoms with Crippen LogP contribution in [0.3, 0.4) is 0 Å². The van der Waals surface area contributed by atoms with Crippen molar-refractivity contribution in [3.8, 4) is 0 Å². The Morgan fingerprint density at radius 3 is 2.36 bits per heavy atom. The number of carbonyl (C=O) groups is 1. The first-order chi connectivity index (χ1) is 12.2. The molecule has 126 valence electrons. The van der Waals surface area contributed by atoms with Gasteiger partial charge in [-0.3, -0.25) is 4.79 Å². The van der Waals surface area contributed by atoms with E-state index in [2.05, 4.69) is 9.88 Å². The summed E-state index contributed by atoms with van der Waals surface area (Å²) in [4.78, 5) is 21.2. The summed E-state index contributed by atoms with van der Waals surface area (Å²) in [5.74, 6) is -0.274. The molecule has 0 saturated carbocycles. The van der Waals surface area contributed by atoms with E-state index in [4.69, 9.17) is 0 Å². The number of anilines is 1. The molecule has 2 heterocycles. The highest BCUT2D eigenvalue weighted by atomic mass is 19.1. The summed E-state index contributed by atoms with van der Waals surface area (Å²) in [7, 11) is 0. The van der Waals surface area contributed by atoms with Crippen molar-refractivity contribution in [2.75, 3.05) is 31.1 Å². The number of nitrogens with zero attached hydrogens (tertiary/aromatic N) is 3. The number of piperazine rings is 1. The first-order valence-corrected chi connectivity index (χ1v) is 8.36. The van der Waals surface area contributed by atoms with Crippen molar-refractivity contribution in [2.24, 2.45) is 0 Å². The molecular formula is C20H18FN3O. The number of aromatic nitrogens is 1. The van der Waals surface area contributed by atoms with Crippen LogP contribution in [0.4, 0.5) is 10.1 Å². The van der Waals surface area contributed by atoms with Crippen LogP contribution in [-0.2, 0) is 0 Å². The number of hydrogen-bond donors (Lipinski definition) is 0. The molecule has 1 aromatic heterocycles. The number of amides is 1. The summed E-state index contributed by atoms with van der Waals surface area (Å²) in [6.45, 7) is 2.71. The molecule has 4 nitrogen and oxygen atoms in total. The fourth-order valence-electron chi connectivity index (χ4n) is 3.17. The van der Waals surface area contributed by atoms with Crippen molar-refractivity contribution in [1.29, 1.82) is 0 Å². The van der Waals surface area contributed by atoms with Gasteiger partial charge in [-0.25, -0.2) is 9.37 Å². The molecule has 0 N–H and O–H groups in total. The van der Waals surface area contributed by atoms with Gasteiger partial charge in [0.05, 0.1) is 5.52 Å². The van der Waals surface area contributed by atoms with Crippen LogP contribution in [0.1, 0.15) is 10.5 Å². The number of hydrogen-bond acceptors (Lipinski definition) is 3. The molecule has 1 saturated heterocycles. The molecule has 1 aliphatic rings. The van der Waals surface area contributed by atoms with E-state index in [1.165, 1.54) is 12.1 Å². The van der Waals surface area contributed by atoms with Crippen molar-refractivity contribution < 1.29 is 9.18 Å². The quantitative estimate of drug-likeness (QED) is 0.721. The number of carbonyl (C=O) groups excluding carboxylic acids is 1. The van der Waals surface area contributed by atoms with Gasteiger partial charge in [0.1, 0.15) is 11.5 Å². The predicted molar refractivity (Wildman–Crippen MR) is 96.3 cm³/mol. The third-order valence-corrected chi connectivity index (χ3v) is 4.58. The molecule has 25 heavy (non-hydrogen) atoms. The smallest absolute Gasteiger partial charge is 0.272 e. The molecule has 3 aromatic rings. The number of benzene rings is 2. The van der Waals surface area contributed by atoms with E-state index in [0.717, 1.165) is 29.7 Å². The topological polar surface area (TPSA) is 36.4 Å². The Balaban J connectivity index is 1.46. The minimum absolute atomic E-state index is 0.0375. The Morgan fingerprint density at radius 1 is 0.880 bits per heavy atom. The summed E-state index contributed by atoms with van der Waals surface area (Å²) >= 11 is 0. The van der Waals surface area contributed by atoms with Gasteiger partial charge in [-0.2, -0.15) is 0 Å². The predicted octanol–water partition coefficient (Wildman–Crippen LogP) is 3.34. The monoisotopic (exact) mass is 335 g/mol. The third-order valence-electron chi connectivity index (χ3n) is 4.58. The van der Waals surface area contributed by atoms with Crippen LogP contribution >= 0.6 is 0 Å². The zero-order valence-electron chi connectivity index (χ0n) is 13.7. The van der Waals surface area contributed by atoms with E-state index in [1.54, 1.807) is 18.2 Å². The van der Waals surface area contributed by atoms with Gasteiger partial charge in [0.2, 0.25) is 0 Å². The van der Waals surface area contributed by atoms with E-state index in [9.17, 15) is 9.18 Å². The zero-order valence-corrected chi connectivity index (χ0v) is 13.7. The number of halogens is 1. The fraction of sp³-hybridized carbons (Fsp3) is 0.200. The average molecular weight is 335 g/mol. The third kappa shape index (κ3) is 3.18. The molecule has 4 rings (SSSR count). The lowest BCUT2D eigenvalue weighted by atomic mass is 10.2. The van der Waals surface area contributed by atoms with Crippen molar-refractivity contribution in [2.45, 2.75) is 0 Å². The average Bonchev–Trinajstić information content (AvgIpc) is 2.68. The second-order valence-corrected chi connectivity index (χ2v) is 6.14. The van der Waals surface area contributed by atoms with Crippen molar-refractivity contribution in [3.05, 3.63) is 72.2 Å². The Hall–Kier alpha value is -2.95. The fourth-order valence-corrected chi connectivity index (χ4v) is 3.17. The van der Waals surface area contributed by atoms with Crippen LogP contribution in [0.5, 0.6) is 0 Å². The Labute approximate surface area is 145 Å². The molecule has 0 spiro atoms. The van der Waals surface area contributed by atoms with Gasteiger partial charge in [-0.05, 0) is 36.4 Å². The molecule has 0 radical (unpaired) electrons. The van der Waals surface area contributed by atoms with E-state index in [0.29, 0.717) is 18.8 Å². The number of fused-ring (bicyclic) bond motifs is 1. The van der Waals surface area contributed by atoms with E-state index in [1.807, 2.05) is 35.2 Å². The van der Waals surface area contributed by atoms with Crippen LogP contribution in [0.25, 0.3) is 10.9 Å². The first-order valence-electron chi connectivity index (χ1n) is 8.36. The molecule has 5 heteroatoms. The summed E-state index contributed by atoms with van der Waals surface area (Å²) < 4.78 is 13.0. The summed E-state index contributed by atoms with van der Waals surface area (Å²) in [6.07, 6.45) is 0. The molecule has 1 amide bonds. The largest absolute Gasteiger partial charge is 0.368 e. The lowest BCUT2D eigenvalue weighted by Crippen LogP contribution is -2.49. The van der Waals surface area contributed by atoms with Gasteiger partial charge < -0.3 is 9.80 Å². The van der Waals surface area contributed by atoms with Gasteiger partial charge in [-0.15, -0.1) is 0 Å². The Kier molecular flexibility index (Phi) is 4.06. The van der Waals surface area contributed by atoms with Crippen LogP contribution in [0.2, 0.25) is 0 Å². The van der Waals surface area contributed by atoms with Crippen LogP contribution < -0.4 is 4.90 Å². The SMILES string of the molecule is O=C(c1ccc2ccccc2n1)N1CCN(c2ccc(F)cc2)CC1. The van der Waals surface area contributed by atoms with Gasteiger partial charge in [-0.1, -0.05) is 24.3 Å². The molecule has 0 bridgehead atoms. The second-order valence-electron chi connectivity index (χ2n) is 6.14. The van der Waals surface area contributed by atoms with E-state index >= 15 is 0 Å². The highest BCUT2D eigenvalue weighted by molar-refractivity contribution is 5.95. The Bertz CT molecular complexity index is 902. The lowest BCUT2D eigenvalue weighted by Gasteiger charge is -2.36. The standard InChI is InChI=1S/C20H18FN3O/c21-16-6-8-17(9-7-16)23-11-13-24(14-12-23)20(25)19-10-5-15-3-1-2-4-18(15)22-19/h1-10H,11-14H2. The summed E-state index contributed by atoms with van der Waals surface area (Å²) in [6, 6.07) is 18.0. The summed E-state index contributed by atoms with van der Waals surface area (Å²) in [5.41, 5.74) is 2.30. The molecule has 1 aliphatic heterocycles. The van der Waals surface area contributed by atoms with Crippen molar-refractivity contribution >= 4 is 22.5 Å². The Morgan fingerprint density at radius 2 is 1.60 bits per heavy atom. The van der Waals surface area contributed by atoms with Crippen molar-refractivity contribution in [3.63, 3.8) is 0 Å². The zero-order chi connectivity index (χ0) is 17.2. The lowest BCUT2D eigenvalue weighted by molar-refractivity contribution is 0.0741. The van der Waals surface area contributed by atoms with Gasteiger partial charge in [0.15, 0.2) is 0 Å². The van der Waals surface area contributed by atoms with Crippen LogP contribution in [0.15, 0.2) is 60.7 Å². The number of rotatable bonds is 2.